The van der Waals surface area contributed by atoms with E-state index in [9.17, 15) is 9.00 Å². The van der Waals surface area contributed by atoms with Gasteiger partial charge >= 0.3 is 6.03 Å². The molecule has 0 radical (unpaired) electrons. The van der Waals surface area contributed by atoms with Crippen LogP contribution in [0, 0.1) is 0 Å². The van der Waals surface area contributed by atoms with Gasteiger partial charge in [0.25, 0.3) is 0 Å². The maximum absolute atomic E-state index is 11.8. The van der Waals surface area contributed by atoms with Crippen molar-refractivity contribution in [1.82, 2.24) is 10.6 Å². The molecule has 0 aromatic carbocycles. The van der Waals surface area contributed by atoms with Crippen LogP contribution in [0.3, 0.4) is 0 Å². The van der Waals surface area contributed by atoms with Gasteiger partial charge in [-0.15, -0.1) is 0 Å². The van der Waals surface area contributed by atoms with E-state index in [-0.39, 0.29) is 16.8 Å². The first-order valence-corrected chi connectivity index (χ1v) is 9.15. The predicted molar refractivity (Wildman–Crippen MR) is 87.0 cm³/mol. The molecule has 2 amide bonds. The predicted octanol–water partition coefficient (Wildman–Crippen LogP) is 2.18. The van der Waals surface area contributed by atoms with Crippen molar-refractivity contribution in [1.29, 1.82) is 0 Å². The smallest absolute Gasteiger partial charge is 0.315 e. The molecular formula is C15H30N2O3S. The Balaban J connectivity index is 2.10. The number of carbonyl (C=O) groups excluding carboxylic acids is 1. The van der Waals surface area contributed by atoms with Gasteiger partial charge < -0.3 is 15.4 Å². The third kappa shape index (κ3) is 7.81. The molecule has 0 aromatic heterocycles. The summed E-state index contributed by atoms with van der Waals surface area (Å²) in [4.78, 5) is 11.7. The molecular weight excluding hydrogens is 288 g/mol. The summed E-state index contributed by atoms with van der Waals surface area (Å²) >= 11 is 0. The summed E-state index contributed by atoms with van der Waals surface area (Å²) in [5.74, 6) is 0.487. The summed E-state index contributed by atoms with van der Waals surface area (Å²) in [7, 11) is -0.931. The maximum atomic E-state index is 11.8. The summed E-state index contributed by atoms with van der Waals surface area (Å²) in [6.07, 6.45) is 4.57. The minimum atomic E-state index is -0.931. The molecule has 2 N–H and O–H groups in total. The number of hydrogen-bond donors (Lipinski definition) is 2. The molecule has 1 heterocycles. The normalized spacial score (nSPS) is 21.8. The average molecular weight is 318 g/mol. The van der Waals surface area contributed by atoms with E-state index >= 15 is 0 Å². The SMILES string of the molecule is C[C@H](CC[C@H]1CCCO1)NC(=O)NCC[S@@](=O)C(C)(C)C. The van der Waals surface area contributed by atoms with Crippen LogP contribution >= 0.6 is 0 Å². The van der Waals surface area contributed by atoms with Crippen LogP contribution in [-0.2, 0) is 15.5 Å². The first-order valence-electron chi connectivity index (χ1n) is 7.83. The van der Waals surface area contributed by atoms with Crippen molar-refractivity contribution in [2.24, 2.45) is 0 Å². The summed E-state index contributed by atoms with van der Waals surface area (Å²) in [6.45, 7) is 9.14. The van der Waals surface area contributed by atoms with Crippen LogP contribution in [0.4, 0.5) is 4.79 Å². The molecule has 1 aliphatic heterocycles. The van der Waals surface area contributed by atoms with Crippen LogP contribution in [0.15, 0.2) is 0 Å². The Morgan fingerprint density at radius 2 is 2.14 bits per heavy atom. The monoisotopic (exact) mass is 318 g/mol. The Hall–Kier alpha value is -0.620. The fraction of sp³-hybridized carbons (Fsp3) is 0.933. The highest BCUT2D eigenvalue weighted by Crippen LogP contribution is 2.17. The molecule has 124 valence electrons. The van der Waals surface area contributed by atoms with Gasteiger partial charge in [0.05, 0.1) is 6.10 Å². The van der Waals surface area contributed by atoms with E-state index in [4.69, 9.17) is 4.74 Å². The number of rotatable bonds is 7. The Bertz CT molecular complexity index is 349. The van der Waals surface area contributed by atoms with Gasteiger partial charge in [-0.3, -0.25) is 4.21 Å². The second kappa shape index (κ2) is 8.73. The van der Waals surface area contributed by atoms with Gasteiger partial charge in [0, 0.05) is 40.5 Å². The third-order valence-electron chi connectivity index (χ3n) is 3.58. The van der Waals surface area contributed by atoms with Crippen molar-refractivity contribution in [2.75, 3.05) is 18.9 Å². The fourth-order valence-electron chi connectivity index (χ4n) is 2.22. The minimum Gasteiger partial charge on any atom is -0.378 e. The zero-order chi connectivity index (χ0) is 15.9. The highest BCUT2D eigenvalue weighted by atomic mass is 32.2. The molecule has 0 saturated carbocycles. The molecule has 1 fully saturated rings. The summed E-state index contributed by atoms with van der Waals surface area (Å²) in [6, 6.07) is -0.0527. The Morgan fingerprint density at radius 1 is 1.43 bits per heavy atom. The molecule has 6 heteroatoms. The van der Waals surface area contributed by atoms with Crippen molar-refractivity contribution in [3.05, 3.63) is 0 Å². The molecule has 0 unspecified atom stereocenters. The molecule has 3 atom stereocenters. The first-order chi connectivity index (χ1) is 9.79. The van der Waals surface area contributed by atoms with Crippen molar-refractivity contribution >= 4 is 16.8 Å². The second-order valence-electron chi connectivity index (χ2n) is 6.68. The molecule has 0 bridgehead atoms. The lowest BCUT2D eigenvalue weighted by atomic mass is 10.1. The summed E-state index contributed by atoms with van der Waals surface area (Å²) < 4.78 is 17.2. The lowest BCUT2D eigenvalue weighted by molar-refractivity contribution is 0.100. The van der Waals surface area contributed by atoms with Crippen LogP contribution in [0.1, 0.15) is 53.4 Å². The molecule has 1 aliphatic rings. The van der Waals surface area contributed by atoms with Gasteiger partial charge in [0.1, 0.15) is 0 Å². The zero-order valence-corrected chi connectivity index (χ0v) is 14.6. The number of carbonyl (C=O) groups is 1. The molecule has 0 spiro atoms. The van der Waals surface area contributed by atoms with Crippen LogP contribution in [-0.4, -0.2) is 46.0 Å². The molecule has 1 rings (SSSR count). The number of urea groups is 1. The van der Waals surface area contributed by atoms with E-state index in [2.05, 4.69) is 10.6 Å². The Kier molecular flexibility index (Phi) is 7.66. The Labute approximate surface area is 131 Å². The third-order valence-corrected chi connectivity index (χ3v) is 5.52. The molecule has 0 aromatic rings. The number of hydrogen-bond acceptors (Lipinski definition) is 3. The second-order valence-corrected chi connectivity index (χ2v) is 9.00. The lowest BCUT2D eigenvalue weighted by Gasteiger charge is -2.19. The standard InChI is InChI=1S/C15H30N2O3S/c1-12(7-8-13-6-5-10-20-13)17-14(18)16-9-11-21(19)15(2,3)4/h12-13H,5-11H2,1-4H3,(H2,16,17,18)/t12-,13-,21-/m1/s1. The Morgan fingerprint density at radius 3 is 2.71 bits per heavy atom. The first kappa shape index (κ1) is 18.4. The largest absolute Gasteiger partial charge is 0.378 e. The van der Waals surface area contributed by atoms with Gasteiger partial charge in [0.2, 0.25) is 0 Å². The van der Waals surface area contributed by atoms with Gasteiger partial charge in [-0.05, 0) is 53.4 Å². The van der Waals surface area contributed by atoms with Gasteiger partial charge in [-0.1, -0.05) is 0 Å². The van der Waals surface area contributed by atoms with Gasteiger partial charge in [-0.25, -0.2) is 4.79 Å². The van der Waals surface area contributed by atoms with E-state index in [1.54, 1.807) is 0 Å². The highest BCUT2D eigenvalue weighted by Gasteiger charge is 2.19. The van der Waals surface area contributed by atoms with Gasteiger partial charge in [-0.2, -0.15) is 0 Å². The molecule has 1 saturated heterocycles. The molecule has 21 heavy (non-hydrogen) atoms. The topological polar surface area (TPSA) is 67.4 Å². The van der Waals surface area contributed by atoms with Crippen LogP contribution in [0.2, 0.25) is 0 Å². The van der Waals surface area contributed by atoms with Gasteiger partial charge in [0.15, 0.2) is 0 Å². The van der Waals surface area contributed by atoms with Crippen LogP contribution in [0.25, 0.3) is 0 Å². The highest BCUT2D eigenvalue weighted by molar-refractivity contribution is 7.86. The number of nitrogens with one attached hydrogen (secondary N) is 2. The van der Waals surface area contributed by atoms with E-state index < -0.39 is 10.8 Å². The summed E-state index contributed by atoms with van der Waals surface area (Å²) in [5, 5.41) is 5.68. The average Bonchev–Trinajstić information content (AvgIpc) is 2.88. The maximum Gasteiger partial charge on any atom is 0.315 e. The van der Waals surface area contributed by atoms with Crippen molar-refractivity contribution in [3.63, 3.8) is 0 Å². The quantitative estimate of drug-likeness (QED) is 0.756. The molecule has 0 aliphatic carbocycles. The van der Waals surface area contributed by atoms with E-state index in [1.807, 2.05) is 27.7 Å². The lowest BCUT2D eigenvalue weighted by Crippen LogP contribution is -2.43. The summed E-state index contributed by atoms with van der Waals surface area (Å²) in [5.41, 5.74) is 0. The fourth-order valence-corrected chi connectivity index (χ4v) is 3.12. The minimum absolute atomic E-state index is 0.127. The van der Waals surface area contributed by atoms with Crippen molar-refractivity contribution < 1.29 is 13.7 Å². The van der Waals surface area contributed by atoms with Crippen molar-refractivity contribution in [2.45, 2.75) is 70.3 Å². The molecule has 5 nitrogen and oxygen atoms in total. The zero-order valence-electron chi connectivity index (χ0n) is 13.7. The number of ether oxygens (including phenoxy) is 1. The van der Waals surface area contributed by atoms with Crippen LogP contribution in [0.5, 0.6) is 0 Å². The van der Waals surface area contributed by atoms with Crippen LogP contribution < -0.4 is 10.6 Å². The van der Waals surface area contributed by atoms with E-state index in [1.165, 1.54) is 0 Å². The van der Waals surface area contributed by atoms with E-state index in [0.29, 0.717) is 18.4 Å². The van der Waals surface area contributed by atoms with E-state index in [0.717, 1.165) is 32.3 Å². The number of amides is 2. The van der Waals surface area contributed by atoms with Crippen molar-refractivity contribution in [3.8, 4) is 0 Å².